The zero-order chi connectivity index (χ0) is 94.1. The molecule has 16 atom stereocenters. The highest BCUT2D eigenvalue weighted by Gasteiger charge is 2.48. The Morgan fingerprint density at radius 3 is 1.61 bits per heavy atom. The van der Waals surface area contributed by atoms with Crippen molar-refractivity contribution in [2.75, 3.05) is 67.6 Å². The molecule has 12 rings (SSSR count). The van der Waals surface area contributed by atoms with Crippen molar-refractivity contribution in [2.24, 2.45) is 5.73 Å². The summed E-state index contributed by atoms with van der Waals surface area (Å²) in [5.41, 5.74) is 13.2. The number of nitrogens with zero attached hydrogens (tertiary/aromatic N) is 4. The predicted molar refractivity (Wildman–Crippen MR) is 501 cm³/mol. The number of hydrogen-bond donors (Lipinski definition) is 20. The molecule has 5 aliphatic rings. The highest BCUT2D eigenvalue weighted by atomic mass is 32.2. The number of thiocarbonyl (C=S) groups is 1. The second-order valence-electron chi connectivity index (χ2n) is 33.4. The van der Waals surface area contributed by atoms with Crippen LogP contribution in [-0.2, 0) is 64.2 Å². The van der Waals surface area contributed by atoms with E-state index in [0.29, 0.717) is 147 Å². The Morgan fingerprint density at radius 1 is 0.571 bits per heavy atom. The minimum absolute atomic E-state index is 0.0251. The molecule has 133 heavy (non-hydrogen) atoms. The van der Waals surface area contributed by atoms with Gasteiger partial charge in [0.2, 0.25) is 48.0 Å². The molecule has 35 nitrogen and oxygen atoms in total. The maximum absolute atomic E-state index is 14.5. The summed E-state index contributed by atoms with van der Waals surface area (Å²) < 4.78 is 22.5. The van der Waals surface area contributed by atoms with Gasteiger partial charge in [0.05, 0.1) is 36.7 Å². The van der Waals surface area contributed by atoms with Crippen LogP contribution in [0.3, 0.4) is 0 Å². The standard InChI is InChI=1S/C96H118N16O19S2/c97-94(98)103-46-12-15-72(108-90(125)75-43-50-112(75)91(126)73(53-62-13-4-1-5-14-62)107-81(117)19-7-3-11-45-101-79(115)17-6-2-10-44-102-80(116)18-9-8-16-78-82-74(58-133-78)109-95(127)110-82)89(124)104-65-32-34-67(35-33-65)106-96(132)105-66-30-24-61(25-31-66)42-49-111(54-68-51-63(40-47-99-68)22-20-59-26-36-70(37-27-59)128-92-87(122)85(120)83(118)76(56-113)130-92)55-69-52-64(41-48-100-69)23-21-60-28-38-71(39-29-60)129-93-88(123)86(121)84(119)77(57-114)131-93/h1,4-5,13-14,24-41,47-48,51-52,72-78,82-88,92-93,113-114,118-123H,2-3,6-12,15-19,42-46,49-50,53-58H2,(H,101,115)(H,102,116)(H,104,124)(H,107,117)(H,108,125)(H4,97,98,103)(H2,105,106,132)(H2,109,110,127)/t72?,73?,74?,75?,76-,77+,78?,82?,83-,84+,85+,86-,87-,88+,92?,93?. The van der Waals surface area contributed by atoms with Crippen molar-refractivity contribution < 1.29 is 93.4 Å². The highest BCUT2D eigenvalue weighted by molar-refractivity contribution is 8.00. The summed E-state index contributed by atoms with van der Waals surface area (Å²) in [5.74, 6) is 12.1. The van der Waals surface area contributed by atoms with Crippen LogP contribution in [-0.4, -0.2) is 262 Å². The van der Waals surface area contributed by atoms with Crippen LogP contribution in [0.5, 0.6) is 11.5 Å². The number of nitrogens with one attached hydrogen (secondary N) is 11. The fourth-order valence-corrected chi connectivity index (χ4v) is 17.6. The summed E-state index contributed by atoms with van der Waals surface area (Å²) in [4.78, 5) is 106. The Kier molecular flexibility index (Phi) is 38.2. The first-order chi connectivity index (χ1) is 64.4. The summed E-state index contributed by atoms with van der Waals surface area (Å²) in [7, 11) is 0. The number of amides is 8. The molecular weight excluding hydrogens is 1750 g/mol. The number of ether oxygens (including phenoxy) is 4. The minimum Gasteiger partial charge on any atom is -0.462 e. The largest absolute Gasteiger partial charge is 0.462 e. The molecule has 5 saturated heterocycles. The fourth-order valence-electron chi connectivity index (χ4n) is 15.9. The SMILES string of the molecule is N=C(N)NCCCC(NC(=O)C1CCN1C(=O)C(Cc1ccccc1)NC(=O)CCCCCNC(=O)CCCCCNC(=O)CCCCC1SCC2NC(=O)NC21)C(=O)Nc1ccc(NC(=S)Nc2ccc(CCN(Cc3cc(C#Cc4ccc(OC5O[C@@H](CO)[C@H](O)[C@@H](O)[C@@H]5O)cc4)ccn3)Cc3cc(C#Cc4ccc(OC5O[C@H](CO)[C@@H](O)[C@H](O)[C@H]5O)cc4)ccn3)cc2)cc1. The number of carbonyl (C=O) groups excluding carboxylic acids is 7. The van der Waals surface area contributed by atoms with Crippen LogP contribution in [0.25, 0.3) is 0 Å². The first-order valence-corrected chi connectivity index (χ1v) is 46.5. The average Bonchev–Trinajstić information content (AvgIpc) is 1.72. The Labute approximate surface area is 781 Å². The van der Waals surface area contributed by atoms with E-state index in [1.807, 2.05) is 78.5 Å². The smallest absolute Gasteiger partial charge is 0.315 e. The lowest BCUT2D eigenvalue weighted by molar-refractivity contribution is -0.277. The highest BCUT2D eigenvalue weighted by Crippen LogP contribution is 2.34. The number of likely N-dealkylation sites (tertiary alicyclic amines) is 1. The number of urea groups is 1. The fraction of sp³-hybridized carbons (Fsp3) is 0.448. The summed E-state index contributed by atoms with van der Waals surface area (Å²) in [5, 5.41) is 119. The van der Waals surface area contributed by atoms with E-state index in [9.17, 15) is 74.4 Å². The van der Waals surface area contributed by atoms with Gasteiger partial charge in [-0.25, -0.2) is 4.79 Å². The van der Waals surface area contributed by atoms with E-state index in [4.69, 9.17) is 52.3 Å². The molecule has 8 unspecified atom stereocenters. The second-order valence-corrected chi connectivity index (χ2v) is 35.1. The van der Waals surface area contributed by atoms with Crippen molar-refractivity contribution in [3.8, 4) is 35.2 Å². The van der Waals surface area contributed by atoms with Crippen LogP contribution in [0.2, 0.25) is 0 Å². The van der Waals surface area contributed by atoms with E-state index in [1.54, 1.807) is 97.3 Å². The van der Waals surface area contributed by atoms with E-state index < -0.39 is 110 Å². The number of unbranched alkanes of at least 4 members (excludes halogenated alkanes) is 5. The van der Waals surface area contributed by atoms with Crippen molar-refractivity contribution in [1.29, 1.82) is 5.41 Å². The summed E-state index contributed by atoms with van der Waals surface area (Å²) in [6, 6.07) is 41.9. The molecule has 21 N–H and O–H groups in total. The predicted octanol–water partition coefficient (Wildman–Crippen LogP) is 3.78. The second kappa shape index (κ2) is 50.8. The van der Waals surface area contributed by atoms with Crippen LogP contribution in [0, 0.1) is 29.1 Å². The Bertz CT molecular complexity index is 5020. The average molecular weight is 1860 g/mol. The van der Waals surface area contributed by atoms with Crippen LogP contribution in [0.15, 0.2) is 164 Å². The molecule has 5 fully saturated rings. The lowest BCUT2D eigenvalue weighted by Crippen LogP contribution is -2.64. The van der Waals surface area contributed by atoms with Gasteiger partial charge in [-0.2, -0.15) is 11.8 Å². The van der Waals surface area contributed by atoms with Gasteiger partial charge >= 0.3 is 6.03 Å². The number of aliphatic hydroxyl groups excluding tert-OH is 8. The van der Waals surface area contributed by atoms with E-state index in [1.165, 1.54) is 4.90 Å². The quantitative estimate of drug-likeness (QED) is 0.00645. The molecule has 8 amide bonds. The molecule has 7 heterocycles. The first kappa shape index (κ1) is 100. The zero-order valence-corrected chi connectivity index (χ0v) is 75.3. The zero-order valence-electron chi connectivity index (χ0n) is 73.7. The van der Waals surface area contributed by atoms with Crippen LogP contribution in [0.1, 0.15) is 141 Å². The van der Waals surface area contributed by atoms with Gasteiger partial charge in [-0.1, -0.05) is 85.4 Å². The van der Waals surface area contributed by atoms with Crippen molar-refractivity contribution in [2.45, 2.75) is 219 Å². The molecule has 37 heteroatoms. The maximum atomic E-state index is 14.5. The molecule has 708 valence electrons. The summed E-state index contributed by atoms with van der Waals surface area (Å²) in [6.07, 6.45) is -1.64. The van der Waals surface area contributed by atoms with E-state index >= 15 is 0 Å². The van der Waals surface area contributed by atoms with Crippen LogP contribution >= 0.6 is 24.0 Å². The number of nitrogens with two attached hydrogens (primary N) is 1. The molecule has 0 aliphatic carbocycles. The number of fused-ring (bicyclic) bond motifs is 1. The van der Waals surface area contributed by atoms with Crippen molar-refractivity contribution in [3.05, 3.63) is 209 Å². The number of benzene rings is 5. The Balaban J connectivity index is 0.598. The number of anilines is 3. The number of aliphatic hydroxyl groups is 8. The van der Waals surface area contributed by atoms with Gasteiger partial charge in [0.25, 0.3) is 0 Å². The van der Waals surface area contributed by atoms with E-state index in [0.717, 1.165) is 60.4 Å². The number of aromatic nitrogens is 2. The van der Waals surface area contributed by atoms with E-state index in [2.05, 4.69) is 81.7 Å². The number of guanidine groups is 1. The normalized spacial score (nSPS) is 22.1. The van der Waals surface area contributed by atoms with Crippen molar-refractivity contribution >= 4 is 93.6 Å². The number of hydrogen-bond acceptors (Lipinski definition) is 25. The molecule has 7 aromatic rings. The van der Waals surface area contributed by atoms with E-state index in [-0.39, 0.29) is 79.3 Å². The van der Waals surface area contributed by atoms with Crippen LogP contribution < -0.4 is 68.4 Å². The molecule has 0 saturated carbocycles. The van der Waals surface area contributed by atoms with Gasteiger partial charge in [0.1, 0.15) is 78.5 Å². The number of pyridine rings is 2. The molecule has 0 radical (unpaired) electrons. The minimum atomic E-state index is -1.59. The third kappa shape index (κ3) is 30.8. The van der Waals surface area contributed by atoms with Gasteiger partial charge in [-0.15, -0.1) is 0 Å². The third-order valence-corrected chi connectivity index (χ3v) is 25.1. The molecule has 0 bridgehead atoms. The molecule has 0 spiro atoms. The summed E-state index contributed by atoms with van der Waals surface area (Å²) >= 11 is 7.64. The Hall–Kier alpha value is -11.9. The number of rotatable bonds is 44. The molecule has 5 aromatic carbocycles. The molecule has 2 aromatic heterocycles. The van der Waals surface area contributed by atoms with Crippen molar-refractivity contribution in [1.82, 2.24) is 57.0 Å². The summed E-state index contributed by atoms with van der Waals surface area (Å²) in [6.45, 7) is 1.66. The van der Waals surface area contributed by atoms with Crippen molar-refractivity contribution in [3.63, 3.8) is 0 Å². The number of carbonyl (C=O) groups is 7. The van der Waals surface area contributed by atoms with Gasteiger partial charge in [0, 0.05) is 134 Å². The third-order valence-electron chi connectivity index (χ3n) is 23.4. The van der Waals surface area contributed by atoms with Gasteiger partial charge in [0.15, 0.2) is 11.1 Å². The van der Waals surface area contributed by atoms with Gasteiger partial charge in [-0.05, 0) is 197 Å². The van der Waals surface area contributed by atoms with Crippen LogP contribution in [0.4, 0.5) is 21.9 Å². The monoisotopic (exact) mass is 1860 g/mol. The lowest BCUT2D eigenvalue weighted by Gasteiger charge is -2.42. The van der Waals surface area contributed by atoms with Gasteiger partial charge < -0.3 is 124 Å². The first-order valence-electron chi connectivity index (χ1n) is 45.0. The maximum Gasteiger partial charge on any atom is 0.315 e. The topological polar surface area (TPSA) is 521 Å². The Morgan fingerprint density at radius 2 is 1.08 bits per heavy atom. The lowest BCUT2D eigenvalue weighted by atomic mass is 9.97. The number of thioether (sulfide) groups is 1. The molecule has 5 aliphatic heterocycles. The van der Waals surface area contributed by atoms with Gasteiger partial charge in [-0.3, -0.25) is 49.0 Å². The molecular formula is C96H118N16O19S2.